The van der Waals surface area contributed by atoms with Gasteiger partial charge in [-0.1, -0.05) is 0 Å². The van der Waals surface area contributed by atoms with Gasteiger partial charge in [0, 0.05) is 22.2 Å². The van der Waals surface area contributed by atoms with Crippen molar-refractivity contribution in [3.63, 3.8) is 0 Å². The quantitative estimate of drug-likeness (QED) is 0.245. The zero-order chi connectivity index (χ0) is 23.0. The lowest BCUT2D eigenvalue weighted by Crippen LogP contribution is -2.54. The fourth-order valence-corrected chi connectivity index (χ4v) is 3.58. The van der Waals surface area contributed by atoms with Gasteiger partial charge in [-0.2, -0.15) is 0 Å². The Balaban J connectivity index is 1.66. The second kappa shape index (κ2) is 8.19. The molecule has 1 aliphatic heterocycles. The van der Waals surface area contributed by atoms with Gasteiger partial charge in [-0.3, -0.25) is 25.0 Å². The highest BCUT2D eigenvalue weighted by Crippen LogP contribution is 2.33. The number of imide groups is 2. The minimum Gasteiger partial charge on any atom is -0.457 e. The van der Waals surface area contributed by atoms with Crippen LogP contribution in [0.1, 0.15) is 5.76 Å². The minimum atomic E-state index is -0.960. The monoisotopic (exact) mass is 499 g/mol. The lowest BCUT2D eigenvalue weighted by molar-refractivity contribution is -0.384. The number of amides is 4. The van der Waals surface area contributed by atoms with E-state index in [2.05, 4.69) is 21.2 Å². The van der Waals surface area contributed by atoms with Crippen molar-refractivity contribution in [2.75, 3.05) is 4.90 Å². The third-order valence-electron chi connectivity index (χ3n) is 4.53. The minimum absolute atomic E-state index is 0.0854. The maximum absolute atomic E-state index is 13.2. The summed E-state index contributed by atoms with van der Waals surface area (Å²) in [5.74, 6) is -1.90. The largest absolute Gasteiger partial charge is 0.457 e. The van der Waals surface area contributed by atoms with E-state index in [0.29, 0.717) is 20.7 Å². The van der Waals surface area contributed by atoms with Gasteiger partial charge >= 0.3 is 6.03 Å². The summed E-state index contributed by atoms with van der Waals surface area (Å²) >= 11 is 3.26. The highest BCUT2D eigenvalue weighted by Gasteiger charge is 2.37. The molecule has 11 heteroatoms. The van der Waals surface area contributed by atoms with Gasteiger partial charge in [-0.25, -0.2) is 14.1 Å². The summed E-state index contributed by atoms with van der Waals surface area (Å²) in [6.07, 6.45) is 1.17. The molecular formula is C21H11BrFN3O6. The number of carbonyl (C=O) groups excluding carboxylic acids is 3. The van der Waals surface area contributed by atoms with Crippen LogP contribution in [-0.2, 0) is 9.59 Å². The zero-order valence-electron chi connectivity index (χ0n) is 15.9. The first-order valence-electron chi connectivity index (χ1n) is 8.96. The van der Waals surface area contributed by atoms with Crippen LogP contribution in [0.25, 0.3) is 17.4 Å². The van der Waals surface area contributed by atoms with Gasteiger partial charge in [0.25, 0.3) is 17.5 Å². The summed E-state index contributed by atoms with van der Waals surface area (Å²) in [5.41, 5.74) is 0.132. The van der Waals surface area contributed by atoms with Crippen LogP contribution in [0.4, 0.5) is 20.6 Å². The van der Waals surface area contributed by atoms with Gasteiger partial charge in [0.15, 0.2) is 0 Å². The molecule has 1 N–H and O–H groups in total. The summed E-state index contributed by atoms with van der Waals surface area (Å²) in [7, 11) is 0. The van der Waals surface area contributed by atoms with Crippen LogP contribution in [0, 0.1) is 15.9 Å². The lowest BCUT2D eigenvalue weighted by atomic mass is 10.1. The molecule has 1 fully saturated rings. The molecule has 0 spiro atoms. The van der Waals surface area contributed by atoms with Crippen LogP contribution < -0.4 is 10.2 Å². The molecule has 32 heavy (non-hydrogen) atoms. The van der Waals surface area contributed by atoms with E-state index in [1.807, 2.05) is 0 Å². The summed E-state index contributed by atoms with van der Waals surface area (Å²) < 4.78 is 19.3. The average molecular weight is 500 g/mol. The van der Waals surface area contributed by atoms with Crippen molar-refractivity contribution in [2.24, 2.45) is 0 Å². The van der Waals surface area contributed by atoms with Crippen LogP contribution in [0.5, 0.6) is 0 Å². The number of nitrogens with one attached hydrogen (secondary N) is 1. The predicted molar refractivity (Wildman–Crippen MR) is 114 cm³/mol. The Morgan fingerprint density at radius 3 is 2.44 bits per heavy atom. The van der Waals surface area contributed by atoms with Crippen molar-refractivity contribution in [3.8, 4) is 11.3 Å². The van der Waals surface area contributed by atoms with Crippen LogP contribution >= 0.6 is 15.9 Å². The van der Waals surface area contributed by atoms with E-state index in [1.165, 1.54) is 42.5 Å². The normalized spacial score (nSPS) is 15.2. The highest BCUT2D eigenvalue weighted by atomic mass is 79.9. The molecule has 4 rings (SSSR count). The number of furan rings is 1. The Bertz CT molecular complexity index is 1320. The third-order valence-corrected chi connectivity index (χ3v) is 5.18. The number of carbonyl (C=O) groups is 3. The first-order valence-corrected chi connectivity index (χ1v) is 9.75. The van der Waals surface area contributed by atoms with Crippen molar-refractivity contribution in [3.05, 3.63) is 86.3 Å². The highest BCUT2D eigenvalue weighted by molar-refractivity contribution is 9.10. The molecule has 2 heterocycles. The average Bonchev–Trinajstić information content (AvgIpc) is 3.20. The molecule has 1 saturated heterocycles. The fraction of sp³-hybridized carbons (Fsp3) is 0. The van der Waals surface area contributed by atoms with Crippen molar-refractivity contribution in [1.82, 2.24) is 5.32 Å². The van der Waals surface area contributed by atoms with E-state index < -0.39 is 28.6 Å². The van der Waals surface area contributed by atoms with E-state index in [-0.39, 0.29) is 22.7 Å². The molecule has 0 radical (unpaired) electrons. The summed E-state index contributed by atoms with van der Waals surface area (Å²) in [6.45, 7) is 0. The second-order valence-electron chi connectivity index (χ2n) is 6.56. The SMILES string of the molecule is O=C1NC(=O)N(c2ccc(F)cc2)C(=O)/C1=C\c1ccc(-c2ccc([N+](=O)[O-])cc2Br)o1. The van der Waals surface area contributed by atoms with Gasteiger partial charge in [-0.05, 0) is 64.5 Å². The van der Waals surface area contributed by atoms with Gasteiger partial charge in [0.2, 0.25) is 0 Å². The summed E-state index contributed by atoms with van der Waals surface area (Å²) in [4.78, 5) is 48.3. The first-order chi connectivity index (χ1) is 15.2. The number of nitro groups is 1. The standard InChI is InChI=1S/C21H11BrFN3O6/c22-17-9-13(26(30)31)5-7-15(17)18-8-6-14(32-18)10-16-19(27)24-21(29)25(20(16)28)12-3-1-11(23)2-4-12/h1-10H,(H,24,27,29)/b16-10-. The number of barbiturate groups is 1. The van der Waals surface area contributed by atoms with Crippen LogP contribution in [0.15, 0.2) is 69.1 Å². The van der Waals surface area contributed by atoms with Crippen molar-refractivity contribution in [1.29, 1.82) is 0 Å². The number of rotatable bonds is 4. The maximum Gasteiger partial charge on any atom is 0.335 e. The van der Waals surface area contributed by atoms with Gasteiger partial charge in [-0.15, -0.1) is 0 Å². The topological polar surface area (TPSA) is 123 Å². The maximum atomic E-state index is 13.2. The first kappa shape index (κ1) is 21.1. The van der Waals surface area contributed by atoms with E-state index in [4.69, 9.17) is 4.42 Å². The van der Waals surface area contributed by atoms with Gasteiger partial charge in [0.1, 0.15) is 22.9 Å². The Morgan fingerprint density at radius 1 is 1.06 bits per heavy atom. The van der Waals surface area contributed by atoms with Gasteiger partial charge in [0.05, 0.1) is 10.6 Å². The van der Waals surface area contributed by atoms with Crippen LogP contribution in [0.2, 0.25) is 0 Å². The molecule has 9 nitrogen and oxygen atoms in total. The molecule has 4 amide bonds. The number of benzene rings is 2. The number of urea groups is 1. The van der Waals surface area contributed by atoms with E-state index >= 15 is 0 Å². The Morgan fingerprint density at radius 2 is 1.78 bits per heavy atom. The number of nitro benzene ring substituents is 1. The van der Waals surface area contributed by atoms with E-state index in [1.54, 1.807) is 6.07 Å². The fourth-order valence-electron chi connectivity index (χ4n) is 3.02. The molecule has 2 aromatic carbocycles. The number of nitrogens with zero attached hydrogens (tertiary/aromatic N) is 2. The molecule has 3 aromatic rings. The Kier molecular flexibility index (Phi) is 5.41. The summed E-state index contributed by atoms with van der Waals surface area (Å²) in [6, 6.07) is 10.8. The molecule has 0 saturated carbocycles. The smallest absolute Gasteiger partial charge is 0.335 e. The molecule has 1 aromatic heterocycles. The molecular weight excluding hydrogens is 489 g/mol. The second-order valence-corrected chi connectivity index (χ2v) is 7.41. The molecule has 0 unspecified atom stereocenters. The Labute approximate surface area is 187 Å². The van der Waals surface area contributed by atoms with Crippen molar-refractivity contribution < 1.29 is 28.1 Å². The number of hydrogen-bond donors (Lipinski definition) is 1. The van der Waals surface area contributed by atoms with E-state index in [9.17, 15) is 28.9 Å². The third kappa shape index (κ3) is 3.93. The van der Waals surface area contributed by atoms with Crippen molar-refractivity contribution >= 4 is 51.2 Å². The molecule has 0 bridgehead atoms. The Hall–Kier alpha value is -4.12. The predicted octanol–water partition coefficient (Wildman–Crippen LogP) is 4.42. The molecule has 0 aliphatic carbocycles. The summed E-state index contributed by atoms with van der Waals surface area (Å²) in [5, 5.41) is 13.0. The molecule has 1 aliphatic rings. The zero-order valence-corrected chi connectivity index (χ0v) is 17.5. The number of non-ortho nitro benzene ring substituents is 1. The van der Waals surface area contributed by atoms with Crippen molar-refractivity contribution in [2.45, 2.75) is 0 Å². The lowest BCUT2D eigenvalue weighted by Gasteiger charge is -2.26. The number of anilines is 1. The number of halogens is 2. The molecule has 0 atom stereocenters. The van der Waals surface area contributed by atoms with Gasteiger partial charge < -0.3 is 4.42 Å². The molecule has 160 valence electrons. The van der Waals surface area contributed by atoms with E-state index in [0.717, 1.165) is 12.1 Å². The number of hydrogen-bond acceptors (Lipinski definition) is 6. The van der Waals surface area contributed by atoms with Crippen LogP contribution in [0.3, 0.4) is 0 Å². The van der Waals surface area contributed by atoms with Crippen LogP contribution in [-0.4, -0.2) is 22.8 Å².